The van der Waals surface area contributed by atoms with E-state index in [1.807, 2.05) is 0 Å². The molecule has 3 nitrogen and oxygen atoms in total. The summed E-state index contributed by atoms with van der Waals surface area (Å²) in [7, 11) is 0. The van der Waals surface area contributed by atoms with Crippen LogP contribution in [0.1, 0.15) is 68.9 Å². The molecule has 24 heavy (non-hydrogen) atoms. The monoisotopic (exact) mass is 355 g/mol. The molecule has 1 aliphatic rings. The molecule has 4 N–H and O–H groups in total. The number of nitrogens with two attached hydrogens (primary N) is 1. The number of aliphatic hydroxyl groups is 2. The van der Waals surface area contributed by atoms with Crippen LogP contribution >= 0.6 is 12.4 Å². The molecule has 0 aliphatic heterocycles. The van der Waals surface area contributed by atoms with E-state index in [9.17, 15) is 10.2 Å². The van der Waals surface area contributed by atoms with Crippen molar-refractivity contribution in [1.29, 1.82) is 0 Å². The summed E-state index contributed by atoms with van der Waals surface area (Å²) in [5.74, 6) is 1.67. The lowest BCUT2D eigenvalue weighted by molar-refractivity contribution is 0.115. The van der Waals surface area contributed by atoms with Crippen LogP contribution in [0.3, 0.4) is 0 Å². The van der Waals surface area contributed by atoms with Crippen LogP contribution < -0.4 is 5.73 Å². The normalized spacial score (nSPS) is 21.3. The molecule has 0 unspecified atom stereocenters. The molecule has 0 spiro atoms. The third-order valence-corrected chi connectivity index (χ3v) is 5.54. The Hall–Kier alpha value is -0.610. The van der Waals surface area contributed by atoms with Crippen molar-refractivity contribution in [2.75, 3.05) is 13.2 Å². The maximum Gasteiger partial charge on any atom is 0.0633 e. The molecule has 0 atom stereocenters. The van der Waals surface area contributed by atoms with Crippen LogP contribution in [0.4, 0.5) is 0 Å². The Morgan fingerprint density at radius 3 is 2.12 bits per heavy atom. The lowest BCUT2D eigenvalue weighted by Gasteiger charge is -2.29. The quantitative estimate of drug-likeness (QED) is 0.664. The summed E-state index contributed by atoms with van der Waals surface area (Å²) >= 11 is 0. The number of hydrogen-bond acceptors (Lipinski definition) is 3. The minimum Gasteiger partial charge on any atom is -0.394 e. The maximum atomic E-state index is 9.25. The van der Waals surface area contributed by atoms with Gasteiger partial charge in [-0.15, -0.1) is 12.4 Å². The van der Waals surface area contributed by atoms with E-state index < -0.39 is 5.54 Å². The van der Waals surface area contributed by atoms with Gasteiger partial charge in [0.25, 0.3) is 0 Å². The molecule has 1 aromatic rings. The first kappa shape index (κ1) is 21.4. The fourth-order valence-electron chi connectivity index (χ4n) is 3.75. The van der Waals surface area contributed by atoms with Crippen molar-refractivity contribution >= 4 is 12.4 Å². The highest BCUT2D eigenvalue weighted by Gasteiger charge is 2.23. The second kappa shape index (κ2) is 10.4. The molecule has 0 heterocycles. The van der Waals surface area contributed by atoms with Gasteiger partial charge in [-0.2, -0.15) is 0 Å². The van der Waals surface area contributed by atoms with Crippen LogP contribution in [0.25, 0.3) is 0 Å². The van der Waals surface area contributed by atoms with Crippen LogP contribution in [-0.4, -0.2) is 29.0 Å². The summed E-state index contributed by atoms with van der Waals surface area (Å²) in [6, 6.07) is 8.89. The Kier molecular flexibility index (Phi) is 9.28. The van der Waals surface area contributed by atoms with Crippen LogP contribution in [0.15, 0.2) is 24.3 Å². The van der Waals surface area contributed by atoms with Gasteiger partial charge in [0.1, 0.15) is 0 Å². The zero-order valence-electron chi connectivity index (χ0n) is 14.9. The molecular weight excluding hydrogens is 322 g/mol. The average Bonchev–Trinajstić information content (AvgIpc) is 2.61. The number of rotatable bonds is 8. The predicted molar refractivity (Wildman–Crippen MR) is 103 cm³/mol. The summed E-state index contributed by atoms with van der Waals surface area (Å²) < 4.78 is 0. The van der Waals surface area contributed by atoms with E-state index in [1.165, 1.54) is 49.7 Å². The fourth-order valence-corrected chi connectivity index (χ4v) is 3.75. The molecular formula is C20H34ClNO2. The molecule has 4 heteroatoms. The Labute approximate surface area is 153 Å². The van der Waals surface area contributed by atoms with Crippen molar-refractivity contribution in [1.82, 2.24) is 0 Å². The third-order valence-electron chi connectivity index (χ3n) is 5.54. The molecule has 0 radical (unpaired) electrons. The van der Waals surface area contributed by atoms with Gasteiger partial charge < -0.3 is 15.9 Å². The second-order valence-corrected chi connectivity index (χ2v) is 7.43. The number of benzene rings is 1. The Morgan fingerprint density at radius 2 is 1.62 bits per heavy atom. The van der Waals surface area contributed by atoms with Crippen molar-refractivity contribution in [3.05, 3.63) is 35.4 Å². The SMILES string of the molecule is CCCC1CCC(c2ccc(CCC(N)(CO)CO)cc2)CC1.Cl. The van der Waals surface area contributed by atoms with Gasteiger partial charge in [-0.25, -0.2) is 0 Å². The molecule has 0 saturated heterocycles. The number of aliphatic hydroxyl groups excluding tert-OH is 2. The zero-order chi connectivity index (χ0) is 16.7. The van der Waals surface area contributed by atoms with Gasteiger partial charge in [0, 0.05) is 0 Å². The third kappa shape index (κ3) is 6.03. The van der Waals surface area contributed by atoms with Gasteiger partial charge in [-0.05, 0) is 61.5 Å². The van der Waals surface area contributed by atoms with E-state index in [4.69, 9.17) is 5.73 Å². The van der Waals surface area contributed by atoms with Gasteiger partial charge in [0.15, 0.2) is 0 Å². The highest BCUT2D eigenvalue weighted by Crippen LogP contribution is 2.37. The average molecular weight is 356 g/mol. The largest absolute Gasteiger partial charge is 0.394 e. The van der Waals surface area contributed by atoms with Crippen LogP contribution in [0.2, 0.25) is 0 Å². The van der Waals surface area contributed by atoms with Crippen LogP contribution in [0.5, 0.6) is 0 Å². The summed E-state index contributed by atoms with van der Waals surface area (Å²) in [4.78, 5) is 0. The van der Waals surface area contributed by atoms with Crippen molar-refractivity contribution < 1.29 is 10.2 Å². The zero-order valence-corrected chi connectivity index (χ0v) is 15.7. The lowest BCUT2D eigenvalue weighted by atomic mass is 9.77. The minimum atomic E-state index is -0.865. The maximum absolute atomic E-state index is 9.25. The highest BCUT2D eigenvalue weighted by molar-refractivity contribution is 5.85. The first-order valence-electron chi connectivity index (χ1n) is 9.19. The second-order valence-electron chi connectivity index (χ2n) is 7.43. The molecule has 2 rings (SSSR count). The van der Waals surface area contributed by atoms with Crippen molar-refractivity contribution in [3.63, 3.8) is 0 Å². The Balaban J connectivity index is 0.00000288. The van der Waals surface area contributed by atoms with Crippen molar-refractivity contribution in [2.24, 2.45) is 11.7 Å². The van der Waals surface area contributed by atoms with E-state index in [-0.39, 0.29) is 25.6 Å². The molecule has 1 fully saturated rings. The lowest BCUT2D eigenvalue weighted by Crippen LogP contribution is -2.47. The Bertz CT molecular complexity index is 451. The predicted octanol–water partition coefficient (Wildman–Crippen LogP) is 3.80. The summed E-state index contributed by atoms with van der Waals surface area (Å²) in [6.07, 6.45) is 9.50. The molecule has 0 aromatic heterocycles. The Morgan fingerprint density at radius 1 is 1.04 bits per heavy atom. The van der Waals surface area contributed by atoms with E-state index in [0.29, 0.717) is 6.42 Å². The molecule has 1 aliphatic carbocycles. The van der Waals surface area contributed by atoms with Crippen molar-refractivity contribution in [2.45, 2.75) is 69.7 Å². The summed E-state index contributed by atoms with van der Waals surface area (Å²) in [6.45, 7) is 1.93. The van der Waals surface area contributed by atoms with Crippen molar-refractivity contribution in [3.8, 4) is 0 Å². The van der Waals surface area contributed by atoms with Gasteiger partial charge in [-0.3, -0.25) is 0 Å². The fraction of sp³-hybridized carbons (Fsp3) is 0.700. The standard InChI is InChI=1S/C20H33NO2.ClH/c1-2-3-16-4-8-18(9-5-16)19-10-6-17(7-11-19)12-13-20(21,14-22)15-23;/h6-7,10-11,16,18,22-23H,2-5,8-9,12-15,21H2,1H3;1H. The van der Waals surface area contributed by atoms with Gasteiger partial charge in [0.2, 0.25) is 0 Å². The highest BCUT2D eigenvalue weighted by atomic mass is 35.5. The van der Waals surface area contributed by atoms with Crippen LogP contribution in [-0.2, 0) is 6.42 Å². The molecule has 1 aromatic carbocycles. The molecule has 1 saturated carbocycles. The topological polar surface area (TPSA) is 66.5 Å². The minimum absolute atomic E-state index is 0. The van der Waals surface area contributed by atoms with E-state index in [1.54, 1.807) is 0 Å². The first-order chi connectivity index (χ1) is 11.1. The van der Waals surface area contributed by atoms with Gasteiger partial charge in [-0.1, -0.05) is 44.0 Å². The number of aryl methyl sites for hydroxylation is 1. The number of halogens is 1. The molecule has 0 bridgehead atoms. The van der Waals surface area contributed by atoms with Crippen LogP contribution in [0, 0.1) is 5.92 Å². The number of hydrogen-bond donors (Lipinski definition) is 3. The van der Waals surface area contributed by atoms with E-state index in [0.717, 1.165) is 18.3 Å². The van der Waals surface area contributed by atoms with Gasteiger partial charge in [0.05, 0.1) is 18.8 Å². The van der Waals surface area contributed by atoms with Gasteiger partial charge >= 0.3 is 0 Å². The van der Waals surface area contributed by atoms with E-state index in [2.05, 4.69) is 31.2 Å². The molecule has 0 amide bonds. The summed E-state index contributed by atoms with van der Waals surface area (Å²) in [5, 5.41) is 18.5. The summed E-state index contributed by atoms with van der Waals surface area (Å²) in [5.41, 5.74) is 7.76. The molecule has 138 valence electrons. The van der Waals surface area contributed by atoms with E-state index >= 15 is 0 Å². The first-order valence-corrected chi connectivity index (χ1v) is 9.19. The smallest absolute Gasteiger partial charge is 0.0633 e.